The van der Waals surface area contributed by atoms with Gasteiger partial charge in [0.1, 0.15) is 5.78 Å². The first kappa shape index (κ1) is 15.3. The third-order valence-electron chi connectivity index (χ3n) is 2.76. The lowest BCUT2D eigenvalue weighted by atomic mass is 10.2. The quantitative estimate of drug-likeness (QED) is 0.885. The average molecular weight is 280 g/mol. The zero-order valence-electron chi connectivity index (χ0n) is 11.1. The van der Waals surface area contributed by atoms with Gasteiger partial charge in [-0.2, -0.15) is 5.26 Å². The standard InChI is InChI=1S/C13H16N2O3S/c1-4-12(16)10(3)15-19(17,18)13-6-5-11(8-14)7-9(13)2/h5-7,10,15H,4H2,1-3H3. The second-order valence-corrected chi connectivity index (χ2v) is 5.94. The molecule has 1 aromatic rings. The average Bonchev–Trinajstić information content (AvgIpc) is 2.36. The van der Waals surface area contributed by atoms with Crippen molar-refractivity contribution in [2.75, 3.05) is 0 Å². The van der Waals surface area contributed by atoms with Crippen LogP contribution in [0.15, 0.2) is 23.1 Å². The fraction of sp³-hybridized carbons (Fsp3) is 0.385. The Morgan fingerprint density at radius 3 is 2.58 bits per heavy atom. The van der Waals surface area contributed by atoms with Gasteiger partial charge in [0.2, 0.25) is 10.0 Å². The Morgan fingerprint density at radius 2 is 2.11 bits per heavy atom. The predicted molar refractivity (Wildman–Crippen MR) is 71.0 cm³/mol. The molecule has 102 valence electrons. The van der Waals surface area contributed by atoms with Gasteiger partial charge in [-0.05, 0) is 37.6 Å². The van der Waals surface area contributed by atoms with Gasteiger partial charge in [-0.15, -0.1) is 0 Å². The van der Waals surface area contributed by atoms with E-state index in [-0.39, 0.29) is 17.1 Å². The smallest absolute Gasteiger partial charge is 0.241 e. The lowest BCUT2D eigenvalue weighted by molar-refractivity contribution is -0.119. The minimum absolute atomic E-state index is 0.0854. The first-order valence-electron chi connectivity index (χ1n) is 5.87. The van der Waals surface area contributed by atoms with E-state index in [9.17, 15) is 13.2 Å². The number of carbonyl (C=O) groups is 1. The molecule has 1 rings (SSSR count). The monoisotopic (exact) mass is 280 g/mol. The normalized spacial score (nSPS) is 12.7. The van der Waals surface area contributed by atoms with E-state index in [0.717, 1.165) is 0 Å². The molecular weight excluding hydrogens is 264 g/mol. The van der Waals surface area contributed by atoms with E-state index in [0.29, 0.717) is 11.1 Å². The maximum Gasteiger partial charge on any atom is 0.241 e. The molecule has 0 heterocycles. The van der Waals surface area contributed by atoms with Crippen LogP contribution in [0.1, 0.15) is 31.4 Å². The number of hydrogen-bond donors (Lipinski definition) is 1. The van der Waals surface area contributed by atoms with Crippen LogP contribution in [0.3, 0.4) is 0 Å². The molecule has 1 atom stereocenters. The first-order chi connectivity index (χ1) is 8.81. The summed E-state index contributed by atoms with van der Waals surface area (Å²) in [6.45, 7) is 4.81. The number of sulfonamides is 1. The van der Waals surface area contributed by atoms with Gasteiger partial charge >= 0.3 is 0 Å². The van der Waals surface area contributed by atoms with Crippen molar-refractivity contribution in [3.63, 3.8) is 0 Å². The maximum atomic E-state index is 12.1. The third kappa shape index (κ3) is 3.63. The first-order valence-corrected chi connectivity index (χ1v) is 7.36. The second kappa shape index (κ2) is 5.95. The molecule has 1 aromatic carbocycles. The van der Waals surface area contributed by atoms with Crippen LogP contribution >= 0.6 is 0 Å². The Kier molecular flexibility index (Phi) is 4.81. The number of benzene rings is 1. The topological polar surface area (TPSA) is 87.0 Å². The van der Waals surface area contributed by atoms with Gasteiger partial charge < -0.3 is 0 Å². The minimum atomic E-state index is -3.75. The number of nitrogens with one attached hydrogen (secondary N) is 1. The largest absolute Gasteiger partial charge is 0.298 e. The molecule has 0 saturated heterocycles. The van der Waals surface area contributed by atoms with Crippen molar-refractivity contribution in [3.05, 3.63) is 29.3 Å². The summed E-state index contributed by atoms with van der Waals surface area (Å²) in [6, 6.07) is 5.50. The Bertz CT molecular complexity index is 630. The molecule has 0 fully saturated rings. The van der Waals surface area contributed by atoms with Gasteiger partial charge in [-0.3, -0.25) is 4.79 Å². The van der Waals surface area contributed by atoms with Crippen molar-refractivity contribution in [2.45, 2.75) is 38.1 Å². The Morgan fingerprint density at radius 1 is 1.47 bits per heavy atom. The molecule has 0 bridgehead atoms. The Labute approximate surface area is 113 Å². The Balaban J connectivity index is 3.08. The van der Waals surface area contributed by atoms with Gasteiger partial charge in [0.15, 0.2) is 0 Å². The Hall–Kier alpha value is -1.71. The molecule has 0 amide bonds. The molecule has 0 aliphatic carbocycles. The number of Topliss-reactive ketones (excluding diaryl/α,β-unsaturated/α-hetero) is 1. The number of rotatable bonds is 5. The summed E-state index contributed by atoms with van der Waals surface area (Å²) in [5.41, 5.74) is 0.872. The predicted octanol–water partition coefficient (Wildman–Crippen LogP) is 1.51. The van der Waals surface area contributed by atoms with Crippen LogP contribution in [0.25, 0.3) is 0 Å². The van der Waals surface area contributed by atoms with E-state index in [1.54, 1.807) is 13.8 Å². The van der Waals surface area contributed by atoms with E-state index in [1.807, 2.05) is 6.07 Å². The highest BCUT2D eigenvalue weighted by Crippen LogP contribution is 2.16. The molecule has 6 heteroatoms. The van der Waals surface area contributed by atoms with Crippen molar-refractivity contribution in [1.82, 2.24) is 4.72 Å². The summed E-state index contributed by atoms with van der Waals surface area (Å²) >= 11 is 0. The zero-order valence-corrected chi connectivity index (χ0v) is 11.9. The van der Waals surface area contributed by atoms with Crippen molar-refractivity contribution in [2.24, 2.45) is 0 Å². The molecule has 1 N–H and O–H groups in total. The highest BCUT2D eigenvalue weighted by Gasteiger charge is 2.22. The molecule has 0 aliphatic heterocycles. The van der Waals surface area contributed by atoms with Crippen LogP contribution in [0.2, 0.25) is 0 Å². The number of aryl methyl sites for hydroxylation is 1. The molecular formula is C13H16N2O3S. The zero-order chi connectivity index (χ0) is 14.6. The number of nitriles is 1. The van der Waals surface area contributed by atoms with Crippen LogP contribution in [0.4, 0.5) is 0 Å². The van der Waals surface area contributed by atoms with Gasteiger partial charge in [0, 0.05) is 6.42 Å². The molecule has 0 saturated carbocycles. The molecule has 1 unspecified atom stereocenters. The number of nitrogens with zero attached hydrogens (tertiary/aromatic N) is 1. The SMILES string of the molecule is CCC(=O)C(C)NS(=O)(=O)c1ccc(C#N)cc1C. The molecule has 0 radical (unpaired) electrons. The van der Waals surface area contributed by atoms with Gasteiger partial charge in [0.25, 0.3) is 0 Å². The molecule has 0 aromatic heterocycles. The van der Waals surface area contributed by atoms with Crippen molar-refractivity contribution < 1.29 is 13.2 Å². The second-order valence-electron chi connectivity index (χ2n) is 4.25. The van der Waals surface area contributed by atoms with Crippen molar-refractivity contribution in [3.8, 4) is 6.07 Å². The lowest BCUT2D eigenvalue weighted by Gasteiger charge is -2.14. The number of hydrogen-bond acceptors (Lipinski definition) is 4. The van der Waals surface area contributed by atoms with Gasteiger partial charge in [0.05, 0.1) is 22.6 Å². The van der Waals surface area contributed by atoms with E-state index < -0.39 is 16.1 Å². The molecule has 5 nitrogen and oxygen atoms in total. The molecule has 0 aliphatic rings. The summed E-state index contributed by atoms with van der Waals surface area (Å²) in [7, 11) is -3.75. The third-order valence-corrected chi connectivity index (χ3v) is 4.46. The van der Waals surface area contributed by atoms with E-state index >= 15 is 0 Å². The number of carbonyl (C=O) groups excluding carboxylic acids is 1. The summed E-state index contributed by atoms with van der Waals surface area (Å²) in [5.74, 6) is -0.171. The summed E-state index contributed by atoms with van der Waals surface area (Å²) in [5, 5.41) is 8.75. The summed E-state index contributed by atoms with van der Waals surface area (Å²) in [4.78, 5) is 11.5. The highest BCUT2D eigenvalue weighted by molar-refractivity contribution is 7.89. The van der Waals surface area contributed by atoms with E-state index in [2.05, 4.69) is 4.72 Å². The van der Waals surface area contributed by atoms with Crippen LogP contribution in [0.5, 0.6) is 0 Å². The van der Waals surface area contributed by atoms with Crippen LogP contribution in [0, 0.1) is 18.3 Å². The van der Waals surface area contributed by atoms with Crippen LogP contribution < -0.4 is 4.72 Å². The molecule has 19 heavy (non-hydrogen) atoms. The summed E-state index contributed by atoms with van der Waals surface area (Å²) in [6.07, 6.45) is 0.274. The fourth-order valence-corrected chi connectivity index (χ4v) is 3.14. The van der Waals surface area contributed by atoms with Crippen LogP contribution in [-0.2, 0) is 14.8 Å². The van der Waals surface area contributed by atoms with E-state index in [1.165, 1.54) is 25.1 Å². The highest BCUT2D eigenvalue weighted by atomic mass is 32.2. The van der Waals surface area contributed by atoms with Gasteiger partial charge in [-0.1, -0.05) is 6.92 Å². The van der Waals surface area contributed by atoms with Crippen LogP contribution in [-0.4, -0.2) is 20.2 Å². The van der Waals surface area contributed by atoms with E-state index in [4.69, 9.17) is 5.26 Å². The number of ketones is 1. The minimum Gasteiger partial charge on any atom is -0.298 e. The van der Waals surface area contributed by atoms with Crippen molar-refractivity contribution >= 4 is 15.8 Å². The van der Waals surface area contributed by atoms with Crippen molar-refractivity contribution in [1.29, 1.82) is 5.26 Å². The lowest BCUT2D eigenvalue weighted by Crippen LogP contribution is -2.38. The van der Waals surface area contributed by atoms with Gasteiger partial charge in [-0.25, -0.2) is 13.1 Å². The summed E-state index contributed by atoms with van der Waals surface area (Å²) < 4.78 is 26.6. The fourth-order valence-electron chi connectivity index (χ4n) is 1.69. The molecule has 0 spiro atoms. The maximum absolute atomic E-state index is 12.1.